The molecule has 0 aliphatic carbocycles. The molecule has 0 bridgehead atoms. The van der Waals surface area contributed by atoms with Crippen LogP contribution >= 0.6 is 0 Å². The molecule has 76 valence electrons. The van der Waals surface area contributed by atoms with Crippen molar-refractivity contribution in [1.29, 1.82) is 0 Å². The summed E-state index contributed by atoms with van der Waals surface area (Å²) in [5.74, 6) is 0.802. The Morgan fingerprint density at radius 3 is 2.67 bits per heavy atom. The monoisotopic (exact) mass is 202 g/mol. The van der Waals surface area contributed by atoms with E-state index in [1.54, 1.807) is 25.8 Å². The fraction of sp³-hybridized carbons (Fsp3) is 0.100. The maximum atomic E-state index is 5.03. The second-order valence-corrected chi connectivity index (χ2v) is 2.83. The molecule has 0 aliphatic heterocycles. The average molecular weight is 202 g/mol. The van der Waals surface area contributed by atoms with E-state index in [0.29, 0.717) is 0 Å². The Labute approximate surface area is 87.0 Å². The van der Waals surface area contributed by atoms with Gasteiger partial charge in [0.05, 0.1) is 19.0 Å². The molecule has 5 nitrogen and oxygen atoms in total. The first kappa shape index (κ1) is 9.39. The van der Waals surface area contributed by atoms with E-state index in [9.17, 15) is 0 Å². The van der Waals surface area contributed by atoms with Gasteiger partial charge in [-0.1, -0.05) is 5.22 Å². The summed E-state index contributed by atoms with van der Waals surface area (Å²) in [5.41, 5.74) is 0.768. The number of hydrogen-bond acceptors (Lipinski definition) is 4. The van der Waals surface area contributed by atoms with Crippen LogP contribution in [0.1, 0.15) is 0 Å². The minimum atomic E-state index is 0.768. The van der Waals surface area contributed by atoms with Gasteiger partial charge in [0, 0.05) is 6.20 Å². The molecule has 5 heteroatoms. The van der Waals surface area contributed by atoms with Gasteiger partial charge in [-0.3, -0.25) is 0 Å². The minimum Gasteiger partial charge on any atom is -0.497 e. The zero-order chi connectivity index (χ0) is 10.5. The van der Waals surface area contributed by atoms with Crippen LogP contribution in [0.2, 0.25) is 0 Å². The zero-order valence-electron chi connectivity index (χ0n) is 8.24. The van der Waals surface area contributed by atoms with Crippen molar-refractivity contribution in [2.45, 2.75) is 0 Å². The molecule has 1 heterocycles. The van der Waals surface area contributed by atoms with E-state index < -0.39 is 0 Å². The first-order chi connectivity index (χ1) is 7.38. The normalized spacial score (nSPS) is 10.7. The lowest BCUT2D eigenvalue weighted by Crippen LogP contribution is -1.81. The minimum absolute atomic E-state index is 0.768. The molecule has 0 saturated carbocycles. The van der Waals surface area contributed by atoms with Crippen LogP contribution in [-0.4, -0.2) is 16.8 Å². The number of rotatable bonds is 3. The van der Waals surface area contributed by atoms with Gasteiger partial charge in [0.15, 0.2) is 0 Å². The van der Waals surface area contributed by atoms with Gasteiger partial charge in [0.25, 0.3) is 0 Å². The van der Waals surface area contributed by atoms with Gasteiger partial charge in [-0.25, -0.2) is 9.66 Å². The van der Waals surface area contributed by atoms with Crippen LogP contribution in [0.3, 0.4) is 0 Å². The summed E-state index contributed by atoms with van der Waals surface area (Å²) < 4.78 is 6.56. The molecule has 2 aromatic rings. The van der Waals surface area contributed by atoms with Crippen LogP contribution in [0.25, 0.3) is 0 Å². The highest BCUT2D eigenvalue weighted by molar-refractivity contribution is 5.40. The average Bonchev–Trinajstić information content (AvgIpc) is 2.80. The quantitative estimate of drug-likeness (QED) is 0.718. The van der Waals surface area contributed by atoms with Crippen molar-refractivity contribution in [3.63, 3.8) is 0 Å². The maximum Gasteiger partial charge on any atom is 0.119 e. The third kappa shape index (κ3) is 2.40. The predicted octanol–water partition coefficient (Wildman–Crippen LogP) is 2.44. The second kappa shape index (κ2) is 4.36. The van der Waals surface area contributed by atoms with Crippen LogP contribution in [-0.2, 0) is 0 Å². The number of hydrogen-bond donors (Lipinski definition) is 0. The Balaban J connectivity index is 2.11. The number of nitrogens with zero attached hydrogens (tertiary/aromatic N) is 4. The standard InChI is InChI=1S/C10H10N4O/c1-15-10-4-2-9(3-5-10)12-13-14-7-6-11-8-14/h2-8H,1H3. The molecule has 0 radical (unpaired) electrons. The Hall–Kier alpha value is -2.17. The molecule has 15 heavy (non-hydrogen) atoms. The molecule has 0 aliphatic rings. The van der Waals surface area contributed by atoms with E-state index in [0.717, 1.165) is 11.4 Å². The van der Waals surface area contributed by atoms with E-state index in [4.69, 9.17) is 4.74 Å². The summed E-state index contributed by atoms with van der Waals surface area (Å²) in [4.78, 5) is 3.85. The number of aromatic nitrogens is 2. The van der Waals surface area contributed by atoms with Crippen molar-refractivity contribution in [1.82, 2.24) is 9.66 Å². The molecule has 1 aromatic heterocycles. The fourth-order valence-electron chi connectivity index (χ4n) is 1.06. The van der Waals surface area contributed by atoms with E-state index in [2.05, 4.69) is 15.3 Å². The van der Waals surface area contributed by atoms with Crippen LogP contribution in [0.15, 0.2) is 53.3 Å². The van der Waals surface area contributed by atoms with Gasteiger partial charge in [0.1, 0.15) is 12.1 Å². The van der Waals surface area contributed by atoms with Gasteiger partial charge in [0.2, 0.25) is 0 Å². The molecule has 0 fully saturated rings. The Morgan fingerprint density at radius 2 is 2.07 bits per heavy atom. The van der Waals surface area contributed by atoms with Crippen molar-refractivity contribution in [3.05, 3.63) is 43.0 Å². The summed E-state index contributed by atoms with van der Waals surface area (Å²) in [5, 5.41) is 7.95. The van der Waals surface area contributed by atoms with E-state index in [-0.39, 0.29) is 0 Å². The molecule has 0 saturated heterocycles. The van der Waals surface area contributed by atoms with Gasteiger partial charge in [-0.15, -0.1) is 5.11 Å². The summed E-state index contributed by atoms with van der Waals surface area (Å²) >= 11 is 0. The van der Waals surface area contributed by atoms with Crippen molar-refractivity contribution in [2.24, 2.45) is 10.3 Å². The lowest BCUT2D eigenvalue weighted by molar-refractivity contribution is 0.415. The van der Waals surface area contributed by atoms with Crippen molar-refractivity contribution in [2.75, 3.05) is 7.11 Å². The number of methoxy groups -OCH3 is 1. The van der Waals surface area contributed by atoms with Crippen LogP contribution in [0.5, 0.6) is 5.75 Å². The van der Waals surface area contributed by atoms with Crippen LogP contribution in [0.4, 0.5) is 5.69 Å². The first-order valence-electron chi connectivity index (χ1n) is 4.42. The smallest absolute Gasteiger partial charge is 0.119 e. The topological polar surface area (TPSA) is 51.8 Å². The van der Waals surface area contributed by atoms with E-state index in [1.807, 2.05) is 24.3 Å². The maximum absolute atomic E-state index is 5.03. The van der Waals surface area contributed by atoms with Crippen molar-refractivity contribution in [3.8, 4) is 5.75 Å². The van der Waals surface area contributed by atoms with E-state index in [1.165, 1.54) is 4.68 Å². The van der Waals surface area contributed by atoms with Crippen LogP contribution < -0.4 is 4.74 Å². The number of benzene rings is 1. The third-order valence-electron chi connectivity index (χ3n) is 1.83. The summed E-state index contributed by atoms with van der Waals surface area (Å²) in [6.45, 7) is 0. The molecular formula is C10H10N4O. The molecule has 2 rings (SSSR count). The summed E-state index contributed by atoms with van der Waals surface area (Å²) in [6.07, 6.45) is 4.94. The largest absolute Gasteiger partial charge is 0.497 e. The number of imidazole rings is 1. The SMILES string of the molecule is COc1ccc(N=Nn2ccnc2)cc1. The van der Waals surface area contributed by atoms with E-state index >= 15 is 0 Å². The molecule has 0 spiro atoms. The molecule has 0 N–H and O–H groups in total. The number of ether oxygens (including phenoxy) is 1. The lowest BCUT2D eigenvalue weighted by atomic mass is 10.3. The highest BCUT2D eigenvalue weighted by atomic mass is 16.5. The molecule has 0 unspecified atom stereocenters. The zero-order valence-corrected chi connectivity index (χ0v) is 8.24. The van der Waals surface area contributed by atoms with Crippen molar-refractivity contribution >= 4 is 5.69 Å². The van der Waals surface area contributed by atoms with Crippen molar-refractivity contribution < 1.29 is 4.74 Å². The second-order valence-electron chi connectivity index (χ2n) is 2.83. The fourth-order valence-corrected chi connectivity index (χ4v) is 1.06. The van der Waals surface area contributed by atoms with Gasteiger partial charge >= 0.3 is 0 Å². The molecule has 1 aromatic carbocycles. The van der Waals surface area contributed by atoms with Gasteiger partial charge < -0.3 is 4.74 Å². The molecular weight excluding hydrogens is 192 g/mol. The Morgan fingerprint density at radius 1 is 1.27 bits per heavy atom. The predicted molar refractivity (Wildman–Crippen MR) is 55.1 cm³/mol. The molecule has 0 amide bonds. The Kier molecular flexibility index (Phi) is 2.73. The van der Waals surface area contributed by atoms with Gasteiger partial charge in [-0.05, 0) is 24.3 Å². The Bertz CT molecular complexity index is 433. The van der Waals surface area contributed by atoms with Gasteiger partial charge in [-0.2, -0.15) is 0 Å². The first-order valence-corrected chi connectivity index (χ1v) is 4.42. The molecule has 0 atom stereocenters. The highest BCUT2D eigenvalue weighted by Crippen LogP contribution is 2.17. The third-order valence-corrected chi connectivity index (χ3v) is 1.83. The summed E-state index contributed by atoms with van der Waals surface area (Å²) in [7, 11) is 1.63. The lowest BCUT2D eigenvalue weighted by Gasteiger charge is -1.97. The summed E-state index contributed by atoms with van der Waals surface area (Å²) in [6, 6.07) is 7.34. The van der Waals surface area contributed by atoms with Crippen LogP contribution in [0, 0.1) is 0 Å². The highest BCUT2D eigenvalue weighted by Gasteiger charge is 1.91.